The van der Waals surface area contributed by atoms with Gasteiger partial charge in [-0.2, -0.15) is 5.26 Å². The van der Waals surface area contributed by atoms with E-state index >= 15 is 0 Å². The third-order valence-corrected chi connectivity index (χ3v) is 3.70. The average molecular weight is 321 g/mol. The van der Waals surface area contributed by atoms with Gasteiger partial charge in [0.2, 0.25) is 0 Å². The number of nitriles is 1. The summed E-state index contributed by atoms with van der Waals surface area (Å²) < 4.78 is 0. The van der Waals surface area contributed by atoms with Crippen LogP contribution in [-0.4, -0.2) is 6.04 Å². The predicted molar refractivity (Wildman–Crippen MR) is 90.0 cm³/mol. The molecule has 4 heteroatoms. The molecule has 0 amide bonds. The van der Waals surface area contributed by atoms with Gasteiger partial charge in [-0.1, -0.05) is 35.9 Å². The van der Waals surface area contributed by atoms with Crippen LogP contribution in [0.1, 0.15) is 29.5 Å². The van der Waals surface area contributed by atoms with Crippen molar-refractivity contribution in [1.82, 2.24) is 0 Å². The molecule has 2 nitrogen and oxygen atoms in total. The molecular formula is C17H18Cl2N2. The molecular weight excluding hydrogens is 303 g/mol. The van der Waals surface area contributed by atoms with Crippen molar-refractivity contribution >= 4 is 24.0 Å². The number of nitrogens with two attached hydrogens (primary N) is 1. The molecule has 2 aromatic carbocycles. The molecule has 2 N–H and O–H groups in total. The lowest BCUT2D eigenvalue weighted by atomic mass is 9.86. The number of hydrogen-bond acceptors (Lipinski definition) is 2. The van der Waals surface area contributed by atoms with Crippen LogP contribution in [0.25, 0.3) is 0 Å². The molecule has 0 aliphatic heterocycles. The average Bonchev–Trinajstić information content (AvgIpc) is 2.46. The predicted octanol–water partition coefficient (Wildman–Crippen LogP) is 4.31. The second-order valence-corrected chi connectivity index (χ2v) is 5.47. The molecule has 2 aromatic rings. The van der Waals surface area contributed by atoms with Gasteiger partial charge in [-0.3, -0.25) is 0 Å². The lowest BCUT2D eigenvalue weighted by Gasteiger charge is -2.21. The van der Waals surface area contributed by atoms with E-state index in [0.717, 1.165) is 17.0 Å². The maximum atomic E-state index is 9.01. The Hall–Kier alpha value is -1.53. The van der Waals surface area contributed by atoms with Gasteiger partial charge in [-0.25, -0.2) is 0 Å². The highest BCUT2D eigenvalue weighted by atomic mass is 35.5. The summed E-state index contributed by atoms with van der Waals surface area (Å²) in [7, 11) is 0. The third kappa shape index (κ3) is 4.75. The molecule has 2 rings (SSSR count). The zero-order chi connectivity index (χ0) is 14.5. The van der Waals surface area contributed by atoms with E-state index in [1.165, 1.54) is 5.56 Å². The van der Waals surface area contributed by atoms with Gasteiger partial charge in [-0.05, 0) is 48.7 Å². The van der Waals surface area contributed by atoms with Crippen molar-refractivity contribution in [3.8, 4) is 6.07 Å². The molecule has 2 atom stereocenters. The van der Waals surface area contributed by atoms with Crippen molar-refractivity contribution in [2.75, 3.05) is 0 Å². The molecule has 0 heterocycles. The minimum absolute atomic E-state index is 0. The van der Waals surface area contributed by atoms with Gasteiger partial charge in [0.05, 0.1) is 11.6 Å². The van der Waals surface area contributed by atoms with Crippen LogP contribution in [0.15, 0.2) is 48.5 Å². The third-order valence-electron chi connectivity index (χ3n) is 3.45. The largest absolute Gasteiger partial charge is 0.327 e. The molecule has 2 unspecified atom stereocenters. The first-order valence-corrected chi connectivity index (χ1v) is 6.98. The van der Waals surface area contributed by atoms with E-state index in [2.05, 4.69) is 6.07 Å². The maximum absolute atomic E-state index is 9.01. The van der Waals surface area contributed by atoms with Crippen molar-refractivity contribution in [1.29, 1.82) is 5.26 Å². The van der Waals surface area contributed by atoms with Gasteiger partial charge in [0.1, 0.15) is 0 Å². The molecule has 0 fully saturated rings. The van der Waals surface area contributed by atoms with Crippen LogP contribution < -0.4 is 5.73 Å². The Kier molecular flexibility index (Phi) is 6.71. The van der Waals surface area contributed by atoms with Crippen LogP contribution in [0, 0.1) is 11.3 Å². The van der Waals surface area contributed by atoms with E-state index in [0.29, 0.717) is 5.56 Å². The Labute approximate surface area is 137 Å². The van der Waals surface area contributed by atoms with E-state index in [1.54, 1.807) is 0 Å². The second kappa shape index (κ2) is 8.05. The second-order valence-electron chi connectivity index (χ2n) is 5.03. The fourth-order valence-corrected chi connectivity index (χ4v) is 2.45. The topological polar surface area (TPSA) is 49.8 Å². The molecule has 0 radical (unpaired) electrons. The van der Waals surface area contributed by atoms with Crippen molar-refractivity contribution in [3.63, 3.8) is 0 Å². The van der Waals surface area contributed by atoms with Gasteiger partial charge in [0, 0.05) is 17.0 Å². The Bertz CT molecular complexity index is 615. The van der Waals surface area contributed by atoms with Crippen LogP contribution in [0.2, 0.25) is 5.02 Å². The van der Waals surface area contributed by atoms with Gasteiger partial charge in [0.25, 0.3) is 0 Å². The van der Waals surface area contributed by atoms with Gasteiger partial charge < -0.3 is 5.73 Å². The summed E-state index contributed by atoms with van der Waals surface area (Å²) in [4.78, 5) is 0. The molecule has 0 saturated carbocycles. The van der Waals surface area contributed by atoms with E-state index in [4.69, 9.17) is 22.6 Å². The highest BCUT2D eigenvalue weighted by Gasteiger charge is 2.17. The minimum atomic E-state index is 0. The number of benzene rings is 2. The van der Waals surface area contributed by atoms with Crippen LogP contribution in [0.3, 0.4) is 0 Å². The summed E-state index contributed by atoms with van der Waals surface area (Å²) in [6.45, 7) is 2.00. The number of rotatable bonds is 4. The quantitative estimate of drug-likeness (QED) is 0.912. The van der Waals surface area contributed by atoms with Crippen LogP contribution in [0.4, 0.5) is 0 Å². The number of nitrogens with zero attached hydrogens (tertiary/aromatic N) is 1. The summed E-state index contributed by atoms with van der Waals surface area (Å²) in [6, 6.07) is 17.7. The molecule has 0 aliphatic carbocycles. The molecule has 0 saturated heterocycles. The van der Waals surface area contributed by atoms with Crippen molar-refractivity contribution in [2.24, 2.45) is 5.73 Å². The molecule has 0 aliphatic rings. The monoisotopic (exact) mass is 320 g/mol. The van der Waals surface area contributed by atoms with Crippen molar-refractivity contribution in [3.05, 3.63) is 70.2 Å². The van der Waals surface area contributed by atoms with Crippen molar-refractivity contribution < 1.29 is 0 Å². The molecule has 0 aromatic heterocycles. The highest BCUT2D eigenvalue weighted by Crippen LogP contribution is 2.25. The standard InChI is InChI=1S/C17H17ClN2.ClH/c1-12(20)17(10-13-5-7-16(18)8-6-13)15-4-2-3-14(9-15)11-19;/h2-9,12,17H,10,20H2,1H3;1H. The highest BCUT2D eigenvalue weighted by molar-refractivity contribution is 6.30. The smallest absolute Gasteiger partial charge is 0.0991 e. The lowest BCUT2D eigenvalue weighted by Crippen LogP contribution is -2.26. The van der Waals surface area contributed by atoms with E-state index in [1.807, 2.05) is 55.5 Å². The maximum Gasteiger partial charge on any atom is 0.0991 e. The fraction of sp³-hybridized carbons (Fsp3) is 0.235. The Morgan fingerprint density at radius 3 is 2.43 bits per heavy atom. The minimum Gasteiger partial charge on any atom is -0.327 e. The Morgan fingerprint density at radius 1 is 1.19 bits per heavy atom. The first-order chi connectivity index (χ1) is 9.60. The normalized spacial score (nSPS) is 12.9. The van der Waals surface area contributed by atoms with Crippen LogP contribution in [0.5, 0.6) is 0 Å². The lowest BCUT2D eigenvalue weighted by molar-refractivity contribution is 0.565. The number of hydrogen-bond donors (Lipinski definition) is 1. The zero-order valence-corrected chi connectivity index (χ0v) is 13.4. The van der Waals surface area contributed by atoms with E-state index in [-0.39, 0.29) is 24.4 Å². The molecule has 0 spiro atoms. The summed E-state index contributed by atoms with van der Waals surface area (Å²) in [5.74, 6) is 0.185. The summed E-state index contributed by atoms with van der Waals surface area (Å²) in [5, 5.41) is 9.74. The zero-order valence-electron chi connectivity index (χ0n) is 11.8. The van der Waals surface area contributed by atoms with E-state index < -0.39 is 0 Å². The SMILES string of the molecule is CC(N)C(Cc1ccc(Cl)cc1)c1cccc(C#N)c1.Cl. The Balaban J connectivity index is 0.00000220. The van der Waals surface area contributed by atoms with E-state index in [9.17, 15) is 0 Å². The molecule has 110 valence electrons. The van der Waals surface area contributed by atoms with Crippen molar-refractivity contribution in [2.45, 2.75) is 25.3 Å². The van der Waals surface area contributed by atoms with Crippen LogP contribution >= 0.6 is 24.0 Å². The summed E-state index contributed by atoms with van der Waals surface area (Å²) in [5.41, 5.74) is 9.10. The summed E-state index contributed by atoms with van der Waals surface area (Å²) >= 11 is 5.91. The first kappa shape index (κ1) is 17.5. The molecule has 21 heavy (non-hydrogen) atoms. The van der Waals surface area contributed by atoms with Crippen LogP contribution in [-0.2, 0) is 6.42 Å². The van der Waals surface area contributed by atoms with Gasteiger partial charge in [-0.15, -0.1) is 12.4 Å². The summed E-state index contributed by atoms with van der Waals surface area (Å²) in [6.07, 6.45) is 0.837. The Morgan fingerprint density at radius 2 is 1.86 bits per heavy atom. The van der Waals surface area contributed by atoms with Gasteiger partial charge >= 0.3 is 0 Å². The molecule has 0 bridgehead atoms. The fourth-order valence-electron chi connectivity index (χ4n) is 2.32. The van der Waals surface area contributed by atoms with Gasteiger partial charge in [0.15, 0.2) is 0 Å². The first-order valence-electron chi connectivity index (χ1n) is 6.60. The number of halogens is 2.